The standard InChI is InChI=1S/C9H11Cl2N3/c1-2-3-7(11)8(6-10)14-9-12-4-5-13-9/h2-3,6H,1,4-5H2,(H2,12,13,14)/b7-3+,8-6-. The number of nitrogens with one attached hydrogen (secondary N) is 2. The van der Waals surface area contributed by atoms with Crippen molar-refractivity contribution in [1.29, 1.82) is 0 Å². The summed E-state index contributed by atoms with van der Waals surface area (Å²) in [5.74, 6) is 0.688. The van der Waals surface area contributed by atoms with Crippen LogP contribution in [0.5, 0.6) is 0 Å². The van der Waals surface area contributed by atoms with Crippen LogP contribution in [0.25, 0.3) is 0 Å². The van der Waals surface area contributed by atoms with Gasteiger partial charge in [0.2, 0.25) is 0 Å². The molecule has 0 radical (unpaired) electrons. The molecular weight excluding hydrogens is 221 g/mol. The zero-order valence-corrected chi connectivity index (χ0v) is 9.07. The molecule has 0 amide bonds. The molecule has 0 bridgehead atoms. The fraction of sp³-hybridized carbons (Fsp3) is 0.222. The summed E-state index contributed by atoms with van der Waals surface area (Å²) in [4.78, 5) is 4.15. The molecule has 1 aliphatic rings. The zero-order chi connectivity index (χ0) is 10.4. The van der Waals surface area contributed by atoms with Gasteiger partial charge in [-0.2, -0.15) is 0 Å². The minimum absolute atomic E-state index is 0.492. The SMILES string of the molecule is C=C/C=C(Cl)\C(=C\Cl)NC1=NCCN1. The molecular formula is C9H11Cl2N3. The lowest BCUT2D eigenvalue weighted by Crippen LogP contribution is -2.33. The van der Waals surface area contributed by atoms with Gasteiger partial charge in [-0.25, -0.2) is 0 Å². The van der Waals surface area contributed by atoms with Gasteiger partial charge in [0.25, 0.3) is 0 Å². The Morgan fingerprint density at radius 2 is 2.43 bits per heavy atom. The van der Waals surface area contributed by atoms with Crippen molar-refractivity contribution in [2.24, 2.45) is 4.99 Å². The molecule has 0 aromatic carbocycles. The quantitative estimate of drug-likeness (QED) is 0.729. The summed E-state index contributed by atoms with van der Waals surface area (Å²) < 4.78 is 0. The van der Waals surface area contributed by atoms with Crippen molar-refractivity contribution in [3.05, 3.63) is 35.0 Å². The summed E-state index contributed by atoms with van der Waals surface area (Å²) in [6.45, 7) is 5.14. The van der Waals surface area contributed by atoms with E-state index in [1.165, 1.54) is 5.54 Å². The lowest BCUT2D eigenvalue weighted by molar-refractivity contribution is 0.943. The molecule has 0 fully saturated rings. The molecule has 1 rings (SSSR count). The fourth-order valence-electron chi connectivity index (χ4n) is 0.942. The molecule has 76 valence electrons. The lowest BCUT2D eigenvalue weighted by Gasteiger charge is -2.08. The highest BCUT2D eigenvalue weighted by Gasteiger charge is 2.08. The highest BCUT2D eigenvalue weighted by molar-refractivity contribution is 6.34. The number of halogens is 2. The summed E-state index contributed by atoms with van der Waals surface area (Å²) >= 11 is 11.5. The van der Waals surface area contributed by atoms with E-state index in [0.717, 1.165) is 13.1 Å². The maximum atomic E-state index is 5.92. The van der Waals surface area contributed by atoms with Gasteiger partial charge in [0.1, 0.15) is 0 Å². The van der Waals surface area contributed by atoms with Crippen LogP contribution in [0.1, 0.15) is 0 Å². The number of hydrogen-bond donors (Lipinski definition) is 2. The average Bonchev–Trinajstić information content (AvgIpc) is 2.66. The average molecular weight is 232 g/mol. The molecule has 0 spiro atoms. The van der Waals surface area contributed by atoms with Gasteiger partial charge < -0.3 is 10.6 Å². The summed E-state index contributed by atoms with van der Waals surface area (Å²) in [6, 6.07) is 0. The van der Waals surface area contributed by atoms with Gasteiger partial charge in [0.15, 0.2) is 5.96 Å². The van der Waals surface area contributed by atoms with Crippen LogP contribution in [0.4, 0.5) is 0 Å². The molecule has 0 saturated carbocycles. The van der Waals surface area contributed by atoms with Crippen LogP contribution in [0, 0.1) is 0 Å². The van der Waals surface area contributed by atoms with Crippen LogP contribution in [-0.2, 0) is 0 Å². The summed E-state index contributed by atoms with van der Waals surface area (Å²) in [7, 11) is 0. The molecule has 0 aromatic heterocycles. The second-order valence-electron chi connectivity index (χ2n) is 2.56. The van der Waals surface area contributed by atoms with E-state index in [4.69, 9.17) is 23.2 Å². The molecule has 0 unspecified atom stereocenters. The number of allylic oxidation sites excluding steroid dienone is 3. The number of aliphatic imine (C=N–C) groups is 1. The molecule has 0 atom stereocenters. The molecule has 1 aliphatic heterocycles. The zero-order valence-electron chi connectivity index (χ0n) is 7.56. The van der Waals surface area contributed by atoms with Crippen LogP contribution in [-0.4, -0.2) is 19.0 Å². The van der Waals surface area contributed by atoms with Gasteiger partial charge in [-0.1, -0.05) is 35.9 Å². The van der Waals surface area contributed by atoms with Crippen molar-refractivity contribution in [3.63, 3.8) is 0 Å². The molecule has 0 saturated heterocycles. The normalized spacial score (nSPS) is 17.4. The predicted octanol–water partition coefficient (Wildman–Crippen LogP) is 1.92. The van der Waals surface area contributed by atoms with E-state index in [1.54, 1.807) is 12.2 Å². The van der Waals surface area contributed by atoms with E-state index in [1.807, 2.05) is 0 Å². The van der Waals surface area contributed by atoms with Crippen molar-refractivity contribution >= 4 is 29.2 Å². The van der Waals surface area contributed by atoms with E-state index in [0.29, 0.717) is 16.7 Å². The number of nitrogens with zero attached hydrogens (tertiary/aromatic N) is 1. The minimum atomic E-state index is 0.492. The van der Waals surface area contributed by atoms with Crippen molar-refractivity contribution in [2.75, 3.05) is 13.1 Å². The molecule has 2 N–H and O–H groups in total. The van der Waals surface area contributed by atoms with Crippen molar-refractivity contribution in [2.45, 2.75) is 0 Å². The van der Waals surface area contributed by atoms with E-state index in [9.17, 15) is 0 Å². The van der Waals surface area contributed by atoms with E-state index >= 15 is 0 Å². The topological polar surface area (TPSA) is 36.4 Å². The first-order valence-electron chi connectivity index (χ1n) is 4.12. The van der Waals surface area contributed by atoms with Crippen molar-refractivity contribution in [3.8, 4) is 0 Å². The van der Waals surface area contributed by atoms with Crippen LogP contribution in [0.3, 0.4) is 0 Å². The Bertz CT molecular complexity index is 305. The van der Waals surface area contributed by atoms with Crippen LogP contribution >= 0.6 is 23.2 Å². The van der Waals surface area contributed by atoms with Crippen LogP contribution < -0.4 is 10.6 Å². The Hall–Kier alpha value is -0.930. The van der Waals surface area contributed by atoms with E-state index in [-0.39, 0.29) is 0 Å². The molecule has 0 aromatic rings. The third-order valence-corrected chi connectivity index (χ3v) is 2.11. The maximum Gasteiger partial charge on any atom is 0.195 e. The Morgan fingerprint density at radius 1 is 1.64 bits per heavy atom. The third-order valence-electron chi connectivity index (χ3n) is 1.56. The highest BCUT2D eigenvalue weighted by Crippen LogP contribution is 2.13. The van der Waals surface area contributed by atoms with Gasteiger partial charge in [-0.05, 0) is 6.08 Å². The minimum Gasteiger partial charge on any atom is -0.354 e. The van der Waals surface area contributed by atoms with Crippen LogP contribution in [0.15, 0.2) is 40.0 Å². The summed E-state index contributed by atoms with van der Waals surface area (Å²) in [5, 5.41) is 6.51. The Morgan fingerprint density at radius 3 is 2.93 bits per heavy atom. The maximum absolute atomic E-state index is 5.92. The van der Waals surface area contributed by atoms with Gasteiger partial charge in [0.05, 0.1) is 17.3 Å². The molecule has 0 aliphatic carbocycles. The first kappa shape index (κ1) is 11.1. The van der Waals surface area contributed by atoms with Crippen molar-refractivity contribution in [1.82, 2.24) is 10.6 Å². The summed E-state index contributed by atoms with van der Waals surface area (Å²) in [6.07, 6.45) is 3.24. The molecule has 14 heavy (non-hydrogen) atoms. The van der Waals surface area contributed by atoms with Gasteiger partial charge in [-0.3, -0.25) is 4.99 Å². The van der Waals surface area contributed by atoms with Gasteiger partial charge >= 0.3 is 0 Å². The molecule has 3 nitrogen and oxygen atoms in total. The monoisotopic (exact) mass is 231 g/mol. The van der Waals surface area contributed by atoms with Crippen LogP contribution in [0.2, 0.25) is 0 Å². The second-order valence-corrected chi connectivity index (χ2v) is 3.18. The largest absolute Gasteiger partial charge is 0.354 e. The highest BCUT2D eigenvalue weighted by atomic mass is 35.5. The first-order valence-corrected chi connectivity index (χ1v) is 4.93. The number of hydrogen-bond acceptors (Lipinski definition) is 3. The Labute approximate surface area is 93.2 Å². The molecule has 1 heterocycles. The smallest absolute Gasteiger partial charge is 0.195 e. The first-order chi connectivity index (χ1) is 6.77. The van der Waals surface area contributed by atoms with E-state index < -0.39 is 0 Å². The third kappa shape index (κ3) is 3.09. The van der Waals surface area contributed by atoms with E-state index in [2.05, 4.69) is 22.2 Å². The Balaban J connectivity index is 2.64. The van der Waals surface area contributed by atoms with Gasteiger partial charge in [-0.15, -0.1) is 0 Å². The van der Waals surface area contributed by atoms with Crippen molar-refractivity contribution < 1.29 is 0 Å². The second kappa shape index (κ2) is 5.73. The molecule has 5 heteroatoms. The lowest BCUT2D eigenvalue weighted by atomic mass is 10.4. The number of guanidine groups is 1. The Kier molecular flexibility index (Phi) is 4.56. The number of rotatable bonds is 3. The fourth-order valence-corrected chi connectivity index (χ4v) is 1.36. The summed E-state index contributed by atoms with van der Waals surface area (Å²) in [5.41, 5.74) is 1.96. The van der Waals surface area contributed by atoms with Gasteiger partial charge in [0, 0.05) is 12.1 Å². The predicted molar refractivity (Wildman–Crippen MR) is 61.5 cm³/mol.